The molecule has 2 N–H and O–H groups in total. The summed E-state index contributed by atoms with van der Waals surface area (Å²) in [7, 11) is 1.46. The molecule has 1 aliphatic heterocycles. The fraction of sp³-hybridized carbons (Fsp3) is 0.875. The minimum absolute atomic E-state index is 0.00981. The number of hydrogen-bond acceptors (Lipinski definition) is 3. The molecule has 4 heteroatoms. The highest BCUT2D eigenvalue weighted by atomic mass is 16.6. The zero-order valence-corrected chi connectivity index (χ0v) is 7.43. The lowest BCUT2D eigenvalue weighted by Gasteiger charge is -2.21. The smallest absolute Gasteiger partial charge is 0.243 e. The molecule has 1 heterocycles. The molecule has 1 amide bonds. The number of carbonyl (C=O) groups excluding carboxylic acids is 1. The van der Waals surface area contributed by atoms with Crippen LogP contribution in [-0.2, 0) is 9.63 Å². The number of rotatable bonds is 3. The molecule has 0 atom stereocenters. The summed E-state index contributed by atoms with van der Waals surface area (Å²) in [6.07, 6.45) is 2.78. The predicted octanol–water partition coefficient (Wildman–Crippen LogP) is 0.0537. The SMILES string of the molecule is CONC(=O)CC1CCNCC1. The molecule has 1 rings (SSSR count). The van der Waals surface area contributed by atoms with Crippen LogP contribution in [0.15, 0.2) is 0 Å². The average molecular weight is 172 g/mol. The van der Waals surface area contributed by atoms with Crippen LogP contribution in [0.2, 0.25) is 0 Å². The summed E-state index contributed by atoms with van der Waals surface area (Å²) in [6, 6.07) is 0. The summed E-state index contributed by atoms with van der Waals surface area (Å²) >= 11 is 0. The number of hydroxylamine groups is 1. The molecule has 1 fully saturated rings. The van der Waals surface area contributed by atoms with Crippen molar-refractivity contribution in [1.29, 1.82) is 0 Å². The Labute approximate surface area is 72.6 Å². The van der Waals surface area contributed by atoms with E-state index < -0.39 is 0 Å². The van der Waals surface area contributed by atoms with Gasteiger partial charge in [0.05, 0.1) is 7.11 Å². The molecule has 0 unspecified atom stereocenters. The molecule has 0 radical (unpaired) electrons. The van der Waals surface area contributed by atoms with E-state index in [1.54, 1.807) is 0 Å². The Balaban J connectivity index is 2.15. The van der Waals surface area contributed by atoms with Crippen LogP contribution in [-0.4, -0.2) is 26.1 Å². The maximum absolute atomic E-state index is 11.1. The molecule has 1 aliphatic rings. The van der Waals surface area contributed by atoms with E-state index >= 15 is 0 Å². The first-order valence-corrected chi connectivity index (χ1v) is 4.35. The van der Waals surface area contributed by atoms with Gasteiger partial charge < -0.3 is 5.32 Å². The van der Waals surface area contributed by atoms with Crippen molar-refractivity contribution in [2.24, 2.45) is 5.92 Å². The maximum atomic E-state index is 11.1. The molecule has 0 aliphatic carbocycles. The van der Waals surface area contributed by atoms with E-state index in [0.29, 0.717) is 12.3 Å². The van der Waals surface area contributed by atoms with E-state index in [0.717, 1.165) is 25.9 Å². The largest absolute Gasteiger partial charge is 0.317 e. The molecular formula is C8H16N2O2. The van der Waals surface area contributed by atoms with Crippen LogP contribution in [0.4, 0.5) is 0 Å². The fourth-order valence-corrected chi connectivity index (χ4v) is 1.50. The second kappa shape index (κ2) is 5.11. The first kappa shape index (κ1) is 9.48. The number of carbonyl (C=O) groups is 1. The van der Waals surface area contributed by atoms with E-state index in [9.17, 15) is 4.79 Å². The Morgan fingerprint density at radius 2 is 2.25 bits per heavy atom. The highest BCUT2D eigenvalue weighted by molar-refractivity contribution is 5.74. The molecule has 0 aromatic rings. The Morgan fingerprint density at radius 1 is 1.58 bits per heavy atom. The maximum Gasteiger partial charge on any atom is 0.243 e. The van der Waals surface area contributed by atoms with Crippen molar-refractivity contribution in [3.8, 4) is 0 Å². The lowest BCUT2D eigenvalue weighted by atomic mass is 9.94. The lowest BCUT2D eigenvalue weighted by molar-refractivity contribution is -0.132. The predicted molar refractivity (Wildman–Crippen MR) is 45.4 cm³/mol. The summed E-state index contributed by atoms with van der Waals surface area (Å²) < 4.78 is 0. The van der Waals surface area contributed by atoms with E-state index in [2.05, 4.69) is 15.6 Å². The van der Waals surface area contributed by atoms with Crippen molar-refractivity contribution in [2.45, 2.75) is 19.3 Å². The van der Waals surface area contributed by atoms with Crippen molar-refractivity contribution in [1.82, 2.24) is 10.8 Å². The second-order valence-corrected chi connectivity index (χ2v) is 3.13. The van der Waals surface area contributed by atoms with Gasteiger partial charge in [-0.1, -0.05) is 0 Å². The van der Waals surface area contributed by atoms with Gasteiger partial charge in [-0.05, 0) is 31.8 Å². The van der Waals surface area contributed by atoms with Crippen LogP contribution in [0.25, 0.3) is 0 Å². The van der Waals surface area contributed by atoms with Gasteiger partial charge in [0.25, 0.3) is 0 Å². The van der Waals surface area contributed by atoms with E-state index in [1.807, 2.05) is 0 Å². The van der Waals surface area contributed by atoms with Gasteiger partial charge in [0.15, 0.2) is 0 Å². The summed E-state index contributed by atoms with van der Waals surface area (Å²) in [5.74, 6) is 0.519. The first-order valence-electron chi connectivity index (χ1n) is 4.35. The molecule has 12 heavy (non-hydrogen) atoms. The molecule has 4 nitrogen and oxygen atoms in total. The molecule has 0 saturated carbocycles. The van der Waals surface area contributed by atoms with Crippen molar-refractivity contribution in [3.63, 3.8) is 0 Å². The molecule has 70 valence electrons. The first-order chi connectivity index (χ1) is 5.83. The van der Waals surface area contributed by atoms with Crippen molar-refractivity contribution < 1.29 is 9.63 Å². The van der Waals surface area contributed by atoms with Gasteiger partial charge in [0.2, 0.25) is 5.91 Å². The highest BCUT2D eigenvalue weighted by Crippen LogP contribution is 2.15. The minimum Gasteiger partial charge on any atom is -0.317 e. The molecule has 0 spiro atoms. The third kappa shape index (κ3) is 3.19. The van der Waals surface area contributed by atoms with Gasteiger partial charge in [-0.2, -0.15) is 0 Å². The number of amides is 1. The number of hydrogen-bond donors (Lipinski definition) is 2. The van der Waals surface area contributed by atoms with Gasteiger partial charge in [0, 0.05) is 6.42 Å². The van der Waals surface area contributed by atoms with Crippen molar-refractivity contribution in [2.75, 3.05) is 20.2 Å². The summed E-state index contributed by atoms with van der Waals surface area (Å²) in [5.41, 5.74) is 2.33. The standard InChI is InChI=1S/C8H16N2O2/c1-12-10-8(11)6-7-2-4-9-5-3-7/h7,9H,2-6H2,1H3,(H,10,11). The fourth-order valence-electron chi connectivity index (χ4n) is 1.50. The van der Waals surface area contributed by atoms with Crippen LogP contribution < -0.4 is 10.8 Å². The second-order valence-electron chi connectivity index (χ2n) is 3.13. The van der Waals surface area contributed by atoms with E-state index in [-0.39, 0.29) is 5.91 Å². The van der Waals surface area contributed by atoms with Crippen LogP contribution >= 0.6 is 0 Å². The summed E-state index contributed by atoms with van der Waals surface area (Å²) in [4.78, 5) is 15.6. The topological polar surface area (TPSA) is 50.4 Å². The molecular weight excluding hydrogens is 156 g/mol. The van der Waals surface area contributed by atoms with Gasteiger partial charge in [-0.3, -0.25) is 9.63 Å². The van der Waals surface area contributed by atoms with Gasteiger partial charge in [-0.25, -0.2) is 5.48 Å². The third-order valence-corrected chi connectivity index (χ3v) is 2.15. The Morgan fingerprint density at radius 3 is 2.83 bits per heavy atom. The van der Waals surface area contributed by atoms with Crippen LogP contribution in [0, 0.1) is 5.92 Å². The van der Waals surface area contributed by atoms with Crippen molar-refractivity contribution in [3.05, 3.63) is 0 Å². The third-order valence-electron chi connectivity index (χ3n) is 2.15. The summed E-state index contributed by atoms with van der Waals surface area (Å²) in [5, 5.41) is 3.26. The Bertz CT molecular complexity index is 144. The van der Waals surface area contributed by atoms with E-state index in [1.165, 1.54) is 7.11 Å². The van der Waals surface area contributed by atoms with E-state index in [4.69, 9.17) is 0 Å². The number of nitrogens with one attached hydrogen (secondary N) is 2. The lowest BCUT2D eigenvalue weighted by Crippen LogP contribution is -2.31. The van der Waals surface area contributed by atoms with Crippen LogP contribution in [0.5, 0.6) is 0 Å². The molecule has 1 saturated heterocycles. The monoisotopic (exact) mass is 172 g/mol. The number of piperidine rings is 1. The Kier molecular flexibility index (Phi) is 4.04. The Hall–Kier alpha value is -0.610. The van der Waals surface area contributed by atoms with Gasteiger partial charge in [0.1, 0.15) is 0 Å². The van der Waals surface area contributed by atoms with Gasteiger partial charge in [-0.15, -0.1) is 0 Å². The van der Waals surface area contributed by atoms with Crippen LogP contribution in [0.3, 0.4) is 0 Å². The quantitative estimate of drug-likeness (QED) is 0.592. The zero-order chi connectivity index (χ0) is 8.81. The normalized spacial score (nSPS) is 19.1. The highest BCUT2D eigenvalue weighted by Gasteiger charge is 2.16. The summed E-state index contributed by atoms with van der Waals surface area (Å²) in [6.45, 7) is 2.07. The molecule has 0 aromatic heterocycles. The van der Waals surface area contributed by atoms with Gasteiger partial charge >= 0.3 is 0 Å². The minimum atomic E-state index is -0.00981. The molecule has 0 bridgehead atoms. The zero-order valence-electron chi connectivity index (χ0n) is 7.43. The van der Waals surface area contributed by atoms with Crippen molar-refractivity contribution >= 4 is 5.91 Å². The average Bonchev–Trinajstić information content (AvgIpc) is 2.06. The van der Waals surface area contributed by atoms with Crippen LogP contribution in [0.1, 0.15) is 19.3 Å². The molecule has 0 aromatic carbocycles.